The van der Waals surface area contributed by atoms with Gasteiger partial charge in [0, 0.05) is 10.8 Å². The van der Waals surface area contributed by atoms with Crippen LogP contribution in [0.15, 0.2) is 72.8 Å². The Hall–Kier alpha value is -4.32. The van der Waals surface area contributed by atoms with Crippen molar-refractivity contribution in [1.82, 2.24) is 9.97 Å². The van der Waals surface area contributed by atoms with Crippen LogP contribution in [0, 0.1) is 0 Å². The molecule has 6 rings (SSSR count). The molecule has 0 aliphatic carbocycles. The third kappa shape index (κ3) is 9.96. The van der Waals surface area contributed by atoms with Crippen LogP contribution >= 0.6 is 0 Å². The van der Waals surface area contributed by atoms with Gasteiger partial charge in [-0.2, -0.15) is 0 Å². The van der Waals surface area contributed by atoms with Crippen LogP contribution in [0.4, 0.5) is 0 Å². The molecule has 6 heteroatoms. The lowest BCUT2D eigenvalue weighted by Gasteiger charge is -2.16. The summed E-state index contributed by atoms with van der Waals surface area (Å²) in [6, 6.07) is 24.6. The molecule has 52 heavy (non-hydrogen) atoms. The lowest BCUT2D eigenvalue weighted by molar-refractivity contribution is 0.303. The van der Waals surface area contributed by atoms with Crippen LogP contribution in [0.5, 0.6) is 23.0 Å². The van der Waals surface area contributed by atoms with Gasteiger partial charge in [-0.15, -0.1) is 0 Å². The van der Waals surface area contributed by atoms with Crippen molar-refractivity contribution in [2.24, 2.45) is 0 Å². The van der Waals surface area contributed by atoms with Gasteiger partial charge in [0.1, 0.15) is 23.0 Å². The largest absolute Gasteiger partial charge is 0.496 e. The Morgan fingerprint density at radius 1 is 0.404 bits per heavy atom. The predicted molar refractivity (Wildman–Crippen MR) is 215 cm³/mol. The molecule has 0 amide bonds. The molecule has 0 fully saturated rings. The minimum Gasteiger partial charge on any atom is -0.496 e. The van der Waals surface area contributed by atoms with E-state index in [0.717, 1.165) is 80.2 Å². The Kier molecular flexibility index (Phi) is 14.4. The third-order valence-electron chi connectivity index (χ3n) is 10.5. The smallest absolute Gasteiger partial charge is 0.132 e. The zero-order chi connectivity index (χ0) is 35.8. The summed E-state index contributed by atoms with van der Waals surface area (Å²) in [5.74, 6) is 3.07. The van der Waals surface area contributed by atoms with Crippen LogP contribution in [0.1, 0.15) is 116 Å². The molecule has 0 saturated heterocycles. The molecule has 0 radical (unpaired) electrons. The van der Waals surface area contributed by atoms with E-state index in [1.165, 1.54) is 103 Å². The lowest BCUT2D eigenvalue weighted by Crippen LogP contribution is -2.02. The van der Waals surface area contributed by atoms with Crippen molar-refractivity contribution in [2.45, 2.75) is 116 Å². The summed E-state index contributed by atoms with van der Waals surface area (Å²) in [6.07, 6.45) is 23.5. The summed E-state index contributed by atoms with van der Waals surface area (Å²) in [4.78, 5) is 10.5. The third-order valence-corrected chi connectivity index (χ3v) is 10.5. The number of hydrogen-bond donors (Lipinski definition) is 0. The van der Waals surface area contributed by atoms with Gasteiger partial charge in [0.15, 0.2) is 0 Å². The molecule has 3 heterocycles. The van der Waals surface area contributed by atoms with Crippen molar-refractivity contribution < 1.29 is 18.9 Å². The van der Waals surface area contributed by atoms with Crippen LogP contribution in [0.3, 0.4) is 0 Å². The molecule has 0 spiro atoms. The highest BCUT2D eigenvalue weighted by atomic mass is 16.5. The average molecular weight is 703 g/mol. The summed E-state index contributed by atoms with van der Waals surface area (Å²) in [5.41, 5.74) is 4.99. The van der Waals surface area contributed by atoms with E-state index in [1.807, 2.05) is 36.4 Å². The molecule has 2 aromatic heterocycles. The van der Waals surface area contributed by atoms with E-state index >= 15 is 0 Å². The average Bonchev–Trinajstić information content (AvgIpc) is 3.18. The van der Waals surface area contributed by atoms with Gasteiger partial charge >= 0.3 is 0 Å². The standard InChI is InChI=1S/C46H58N2O4/c1-49-39-23-21-25-41-43(39)37-31-29-35-27-28-36-30-32-38(48-46(36)45(35)47-37)44-40(50-2)24-22-26-42(44)52-34-20-18-16-14-12-10-8-6-4-3-5-7-9-11-13-15-17-19-33-51-41/h21-32H,3-20,33-34H2,1-2H3. The summed E-state index contributed by atoms with van der Waals surface area (Å²) < 4.78 is 24.6. The minimum absolute atomic E-state index is 0.672. The predicted octanol–water partition coefficient (Wildman–Crippen LogP) is 12.9. The number of fused-ring (bicyclic) bond motifs is 6. The molecule has 276 valence electrons. The Morgan fingerprint density at radius 3 is 1.08 bits per heavy atom. The molecule has 1 aliphatic heterocycles. The first-order valence-corrected chi connectivity index (χ1v) is 20.1. The maximum absolute atomic E-state index is 6.44. The van der Waals surface area contributed by atoms with Crippen LogP contribution in [-0.2, 0) is 0 Å². The molecule has 0 saturated carbocycles. The van der Waals surface area contributed by atoms with Crippen LogP contribution in [-0.4, -0.2) is 37.4 Å². The first-order valence-electron chi connectivity index (χ1n) is 20.1. The molecule has 0 N–H and O–H groups in total. The summed E-state index contributed by atoms with van der Waals surface area (Å²) in [5, 5.41) is 2.04. The number of methoxy groups -OCH3 is 2. The normalized spacial score (nSPS) is 16.6. The fourth-order valence-corrected chi connectivity index (χ4v) is 7.55. The van der Waals surface area contributed by atoms with Gasteiger partial charge in [-0.25, -0.2) is 9.97 Å². The fourth-order valence-electron chi connectivity index (χ4n) is 7.55. The van der Waals surface area contributed by atoms with Crippen molar-refractivity contribution >= 4 is 21.8 Å². The second-order valence-electron chi connectivity index (χ2n) is 14.3. The second kappa shape index (κ2) is 20.1. The SMILES string of the molecule is COc1cccc2c1-c1ccc3ccc4ccc(nc4c3n1)-c1c(OC)cccc1OCCCCCCCCCCCCCCCCCCCCO2. The Balaban J connectivity index is 1.28. The number of rotatable bonds is 2. The number of nitrogens with zero attached hydrogens (tertiary/aromatic N) is 2. The number of pyridine rings is 2. The van der Waals surface area contributed by atoms with Crippen LogP contribution in [0.2, 0.25) is 0 Å². The second-order valence-corrected chi connectivity index (χ2v) is 14.3. The molecule has 4 bridgehead atoms. The highest BCUT2D eigenvalue weighted by Gasteiger charge is 2.18. The summed E-state index contributed by atoms with van der Waals surface area (Å²) in [6.45, 7) is 1.34. The van der Waals surface area contributed by atoms with Gasteiger partial charge in [-0.3, -0.25) is 0 Å². The maximum Gasteiger partial charge on any atom is 0.132 e. The van der Waals surface area contributed by atoms with Crippen molar-refractivity contribution in [3.8, 4) is 45.5 Å². The molecule has 5 aromatic rings. The molecule has 0 atom stereocenters. The topological polar surface area (TPSA) is 62.7 Å². The van der Waals surface area contributed by atoms with Gasteiger partial charge in [-0.1, -0.05) is 139 Å². The van der Waals surface area contributed by atoms with Gasteiger partial charge in [0.05, 0.1) is 61.0 Å². The number of hydrogen-bond acceptors (Lipinski definition) is 6. The van der Waals surface area contributed by atoms with Gasteiger partial charge in [0.2, 0.25) is 0 Å². The minimum atomic E-state index is 0.672. The van der Waals surface area contributed by atoms with E-state index in [9.17, 15) is 0 Å². The highest BCUT2D eigenvalue weighted by molar-refractivity contribution is 6.04. The number of ether oxygens (including phenoxy) is 4. The maximum atomic E-state index is 6.44. The summed E-state index contributed by atoms with van der Waals surface area (Å²) >= 11 is 0. The quantitative estimate of drug-likeness (QED) is 0.171. The van der Waals surface area contributed by atoms with Crippen molar-refractivity contribution in [2.75, 3.05) is 27.4 Å². The molecular weight excluding hydrogens is 645 g/mol. The monoisotopic (exact) mass is 702 g/mol. The first-order chi connectivity index (χ1) is 25.8. The van der Waals surface area contributed by atoms with E-state index in [1.54, 1.807) is 14.2 Å². The highest BCUT2D eigenvalue weighted by Crippen LogP contribution is 2.41. The Labute approximate surface area is 311 Å². The van der Waals surface area contributed by atoms with Gasteiger partial charge < -0.3 is 18.9 Å². The molecule has 1 aliphatic rings. The van der Waals surface area contributed by atoms with E-state index in [0.29, 0.717) is 13.2 Å². The van der Waals surface area contributed by atoms with Crippen molar-refractivity contribution in [3.05, 3.63) is 72.8 Å². The molecule has 6 nitrogen and oxygen atoms in total. The van der Waals surface area contributed by atoms with E-state index in [2.05, 4.69) is 36.4 Å². The number of aromatic nitrogens is 2. The fraction of sp³-hybridized carbons (Fsp3) is 0.478. The Bertz CT molecular complexity index is 1720. The number of benzene rings is 3. The van der Waals surface area contributed by atoms with E-state index in [4.69, 9.17) is 28.9 Å². The molecular formula is C46H58N2O4. The zero-order valence-electron chi connectivity index (χ0n) is 31.6. The summed E-state index contributed by atoms with van der Waals surface area (Å²) in [7, 11) is 3.41. The zero-order valence-corrected chi connectivity index (χ0v) is 31.6. The van der Waals surface area contributed by atoms with Crippen LogP contribution in [0.25, 0.3) is 44.3 Å². The molecule has 0 unspecified atom stereocenters. The van der Waals surface area contributed by atoms with Gasteiger partial charge in [0.25, 0.3) is 0 Å². The molecule has 3 aromatic carbocycles. The first kappa shape index (κ1) is 37.4. The van der Waals surface area contributed by atoms with E-state index < -0.39 is 0 Å². The van der Waals surface area contributed by atoms with E-state index in [-0.39, 0.29) is 0 Å². The van der Waals surface area contributed by atoms with Gasteiger partial charge in [-0.05, 0) is 49.2 Å². The van der Waals surface area contributed by atoms with Crippen molar-refractivity contribution in [1.29, 1.82) is 0 Å². The van der Waals surface area contributed by atoms with Crippen molar-refractivity contribution in [3.63, 3.8) is 0 Å². The lowest BCUT2D eigenvalue weighted by atomic mass is 10.0. The Morgan fingerprint density at radius 2 is 0.731 bits per heavy atom. The van der Waals surface area contributed by atoms with Crippen LogP contribution < -0.4 is 18.9 Å².